The van der Waals surface area contributed by atoms with Crippen molar-refractivity contribution >= 4 is 11.0 Å². The normalized spacial score (nSPS) is 12.3. The van der Waals surface area contributed by atoms with Gasteiger partial charge in [0.2, 0.25) is 0 Å². The highest BCUT2D eigenvalue weighted by molar-refractivity contribution is 5.85. The van der Waals surface area contributed by atoms with Gasteiger partial charge in [-0.3, -0.25) is 0 Å². The molecule has 1 aromatic carbocycles. The van der Waals surface area contributed by atoms with Gasteiger partial charge in [-0.1, -0.05) is 12.1 Å². The van der Waals surface area contributed by atoms with Crippen LogP contribution in [-0.2, 0) is 6.18 Å². The summed E-state index contributed by atoms with van der Waals surface area (Å²) in [5.74, 6) is 0.529. The average molecular weight is 214 g/mol. The minimum Gasteiger partial charge on any atom is -0.460 e. The second kappa shape index (κ2) is 3.02. The number of furan rings is 1. The maximum atomic E-state index is 12.6. The van der Waals surface area contributed by atoms with Gasteiger partial charge in [0.25, 0.3) is 0 Å². The van der Waals surface area contributed by atoms with Crippen molar-refractivity contribution < 1.29 is 17.6 Å². The van der Waals surface area contributed by atoms with E-state index < -0.39 is 11.7 Å². The number of benzene rings is 1. The van der Waals surface area contributed by atoms with Crippen molar-refractivity contribution in [2.75, 3.05) is 0 Å². The molecule has 15 heavy (non-hydrogen) atoms. The fourth-order valence-electron chi connectivity index (χ4n) is 1.58. The van der Waals surface area contributed by atoms with Crippen LogP contribution >= 0.6 is 0 Å². The highest BCUT2D eigenvalue weighted by Gasteiger charge is 2.34. The van der Waals surface area contributed by atoms with E-state index in [1.54, 1.807) is 19.9 Å². The summed E-state index contributed by atoms with van der Waals surface area (Å²) in [6, 6.07) is 4.06. The summed E-state index contributed by atoms with van der Waals surface area (Å²) in [7, 11) is 0. The highest BCUT2D eigenvalue weighted by Crippen LogP contribution is 2.37. The number of para-hydroxylation sites is 1. The van der Waals surface area contributed by atoms with Gasteiger partial charge in [0.1, 0.15) is 11.3 Å². The van der Waals surface area contributed by atoms with Gasteiger partial charge < -0.3 is 4.42 Å². The molecule has 0 atom stereocenters. The van der Waals surface area contributed by atoms with Crippen LogP contribution in [-0.4, -0.2) is 0 Å². The van der Waals surface area contributed by atoms with Crippen LogP contribution in [0.3, 0.4) is 0 Å². The van der Waals surface area contributed by atoms with E-state index in [0.29, 0.717) is 11.1 Å². The van der Waals surface area contributed by atoms with Gasteiger partial charge in [0, 0.05) is 5.39 Å². The second-order valence-electron chi connectivity index (χ2n) is 3.46. The van der Waals surface area contributed by atoms with Crippen LogP contribution < -0.4 is 0 Å². The fourth-order valence-corrected chi connectivity index (χ4v) is 1.58. The maximum absolute atomic E-state index is 12.6. The lowest BCUT2D eigenvalue weighted by atomic mass is 10.1. The van der Waals surface area contributed by atoms with Crippen molar-refractivity contribution in [1.82, 2.24) is 0 Å². The Kier molecular flexibility index (Phi) is 2.03. The lowest BCUT2D eigenvalue weighted by Crippen LogP contribution is -2.04. The molecule has 2 rings (SSSR count). The highest BCUT2D eigenvalue weighted by atomic mass is 19.4. The van der Waals surface area contributed by atoms with Crippen LogP contribution in [0.4, 0.5) is 13.2 Å². The molecule has 0 N–H and O–H groups in total. The molecule has 0 amide bonds. The molecule has 1 aromatic heterocycles. The Labute approximate surface area is 84.5 Å². The second-order valence-corrected chi connectivity index (χ2v) is 3.46. The van der Waals surface area contributed by atoms with Crippen LogP contribution in [0.2, 0.25) is 0 Å². The quantitative estimate of drug-likeness (QED) is 0.644. The first kappa shape index (κ1) is 10.1. The third-order valence-electron chi connectivity index (χ3n) is 2.51. The number of alkyl halides is 3. The lowest BCUT2D eigenvalue weighted by molar-refractivity contribution is -0.136. The molecule has 0 spiro atoms. The molecule has 0 saturated carbocycles. The zero-order chi connectivity index (χ0) is 11.2. The average Bonchev–Trinajstić information content (AvgIpc) is 2.41. The SMILES string of the molecule is Cc1oc2c(C(F)(F)F)cccc2c1C. The van der Waals surface area contributed by atoms with E-state index in [2.05, 4.69) is 0 Å². The van der Waals surface area contributed by atoms with Crippen LogP contribution in [0.25, 0.3) is 11.0 Å². The van der Waals surface area contributed by atoms with E-state index in [0.717, 1.165) is 11.6 Å². The molecular formula is C11H9F3O. The van der Waals surface area contributed by atoms with Gasteiger partial charge in [0.15, 0.2) is 0 Å². The van der Waals surface area contributed by atoms with E-state index in [1.165, 1.54) is 6.07 Å². The zero-order valence-electron chi connectivity index (χ0n) is 8.27. The monoisotopic (exact) mass is 214 g/mol. The van der Waals surface area contributed by atoms with Gasteiger partial charge >= 0.3 is 6.18 Å². The van der Waals surface area contributed by atoms with Gasteiger partial charge in [-0.25, -0.2) is 0 Å². The Morgan fingerprint density at radius 3 is 2.40 bits per heavy atom. The van der Waals surface area contributed by atoms with Gasteiger partial charge in [0.05, 0.1) is 5.56 Å². The number of fused-ring (bicyclic) bond motifs is 1. The van der Waals surface area contributed by atoms with Crippen LogP contribution in [0, 0.1) is 13.8 Å². The summed E-state index contributed by atoms with van der Waals surface area (Å²) in [6.07, 6.45) is -4.36. The lowest BCUT2D eigenvalue weighted by Gasteiger charge is -2.06. The number of rotatable bonds is 0. The number of halogens is 3. The molecule has 0 radical (unpaired) electrons. The third kappa shape index (κ3) is 1.50. The molecule has 0 aliphatic carbocycles. The van der Waals surface area contributed by atoms with E-state index in [-0.39, 0.29) is 5.58 Å². The van der Waals surface area contributed by atoms with Crippen molar-refractivity contribution in [2.24, 2.45) is 0 Å². The van der Waals surface area contributed by atoms with E-state index in [1.807, 2.05) is 0 Å². The van der Waals surface area contributed by atoms with Gasteiger partial charge in [-0.2, -0.15) is 13.2 Å². The molecule has 0 bridgehead atoms. The van der Waals surface area contributed by atoms with Crippen molar-refractivity contribution in [1.29, 1.82) is 0 Å². The van der Waals surface area contributed by atoms with Crippen molar-refractivity contribution in [3.63, 3.8) is 0 Å². The Balaban J connectivity index is 2.83. The van der Waals surface area contributed by atoms with E-state index >= 15 is 0 Å². The topological polar surface area (TPSA) is 13.1 Å². The molecule has 0 saturated heterocycles. The minimum atomic E-state index is -4.36. The van der Waals surface area contributed by atoms with Crippen molar-refractivity contribution in [3.8, 4) is 0 Å². The summed E-state index contributed by atoms with van der Waals surface area (Å²) in [4.78, 5) is 0. The smallest absolute Gasteiger partial charge is 0.420 e. The predicted octanol–water partition coefficient (Wildman–Crippen LogP) is 4.07. The summed E-state index contributed by atoms with van der Waals surface area (Å²) < 4.78 is 42.9. The van der Waals surface area contributed by atoms with Gasteiger partial charge in [-0.05, 0) is 25.5 Å². The first-order chi connectivity index (χ1) is 6.91. The Morgan fingerprint density at radius 1 is 1.13 bits per heavy atom. The molecule has 1 heterocycles. The van der Waals surface area contributed by atoms with Crippen molar-refractivity contribution in [2.45, 2.75) is 20.0 Å². The van der Waals surface area contributed by atoms with Gasteiger partial charge in [-0.15, -0.1) is 0 Å². The predicted molar refractivity (Wildman–Crippen MR) is 50.7 cm³/mol. The Morgan fingerprint density at radius 2 is 1.80 bits per heavy atom. The Hall–Kier alpha value is -1.45. The number of hydrogen-bond donors (Lipinski definition) is 0. The minimum absolute atomic E-state index is 0.0694. The van der Waals surface area contributed by atoms with E-state index in [9.17, 15) is 13.2 Å². The maximum Gasteiger partial charge on any atom is 0.420 e. The fraction of sp³-hybridized carbons (Fsp3) is 0.273. The largest absolute Gasteiger partial charge is 0.460 e. The van der Waals surface area contributed by atoms with Crippen molar-refractivity contribution in [3.05, 3.63) is 35.1 Å². The van der Waals surface area contributed by atoms with E-state index in [4.69, 9.17) is 4.42 Å². The molecule has 0 aliphatic rings. The summed E-state index contributed by atoms with van der Waals surface area (Å²) in [5, 5.41) is 0.530. The first-order valence-corrected chi connectivity index (χ1v) is 4.47. The summed E-state index contributed by atoms with van der Waals surface area (Å²) >= 11 is 0. The molecular weight excluding hydrogens is 205 g/mol. The molecule has 1 nitrogen and oxygen atoms in total. The number of hydrogen-bond acceptors (Lipinski definition) is 1. The molecule has 2 aromatic rings. The van der Waals surface area contributed by atoms with Crippen LogP contribution in [0.5, 0.6) is 0 Å². The molecule has 0 fully saturated rings. The van der Waals surface area contributed by atoms with Crippen LogP contribution in [0.1, 0.15) is 16.9 Å². The molecule has 4 heteroatoms. The summed E-state index contributed by atoms with van der Waals surface area (Å²) in [6.45, 7) is 3.41. The number of aryl methyl sites for hydroxylation is 2. The first-order valence-electron chi connectivity index (χ1n) is 4.47. The Bertz CT molecular complexity index is 508. The zero-order valence-corrected chi connectivity index (χ0v) is 8.27. The summed E-state index contributed by atoms with van der Waals surface area (Å²) in [5.41, 5.74) is -0.0210. The molecule has 0 aliphatic heterocycles. The standard InChI is InChI=1S/C11H9F3O/c1-6-7(2)15-10-8(6)4-3-5-9(10)11(12,13)14/h3-5H,1-2H3. The third-order valence-corrected chi connectivity index (χ3v) is 2.51. The molecule has 0 unspecified atom stereocenters. The molecule has 80 valence electrons. The van der Waals surface area contributed by atoms with Crippen LogP contribution in [0.15, 0.2) is 22.6 Å².